The smallest absolute Gasteiger partial charge is 0.338 e. The molecular weight excluding hydrogens is 192 g/mol. The lowest BCUT2D eigenvalue weighted by Crippen LogP contribution is -2.10. The highest BCUT2D eigenvalue weighted by Crippen LogP contribution is 2.04. The van der Waals surface area contributed by atoms with E-state index in [1.54, 1.807) is 12.1 Å². The molecule has 0 saturated heterocycles. The Balaban J connectivity index is 2.37. The summed E-state index contributed by atoms with van der Waals surface area (Å²) in [5, 5.41) is 0. The molecule has 15 heavy (non-hydrogen) atoms. The van der Waals surface area contributed by atoms with Crippen molar-refractivity contribution in [3.05, 3.63) is 35.4 Å². The van der Waals surface area contributed by atoms with Crippen molar-refractivity contribution < 1.29 is 14.3 Å². The van der Waals surface area contributed by atoms with Crippen molar-refractivity contribution >= 4 is 5.97 Å². The van der Waals surface area contributed by atoms with E-state index in [2.05, 4.69) is 0 Å². The van der Waals surface area contributed by atoms with Gasteiger partial charge in [-0.15, -0.1) is 0 Å². The van der Waals surface area contributed by atoms with E-state index in [4.69, 9.17) is 9.47 Å². The maximum atomic E-state index is 11.4. The number of rotatable bonds is 5. The van der Waals surface area contributed by atoms with Crippen molar-refractivity contribution in [2.75, 3.05) is 19.8 Å². The summed E-state index contributed by atoms with van der Waals surface area (Å²) in [6.45, 7) is 5.28. The minimum Gasteiger partial charge on any atom is -0.460 e. The number of hydrogen-bond donors (Lipinski definition) is 0. The second-order valence-electron chi connectivity index (χ2n) is 3.20. The highest BCUT2D eigenvalue weighted by Gasteiger charge is 2.05. The van der Waals surface area contributed by atoms with Gasteiger partial charge < -0.3 is 9.47 Å². The molecule has 0 N–H and O–H groups in total. The van der Waals surface area contributed by atoms with E-state index < -0.39 is 0 Å². The molecule has 0 saturated carbocycles. The monoisotopic (exact) mass is 208 g/mol. The van der Waals surface area contributed by atoms with Crippen LogP contribution in [-0.2, 0) is 9.47 Å². The molecule has 82 valence electrons. The van der Waals surface area contributed by atoms with Gasteiger partial charge in [-0.3, -0.25) is 0 Å². The first-order chi connectivity index (χ1) is 7.24. The van der Waals surface area contributed by atoms with Crippen molar-refractivity contribution in [2.24, 2.45) is 0 Å². The van der Waals surface area contributed by atoms with Crippen LogP contribution in [0.3, 0.4) is 0 Å². The summed E-state index contributed by atoms with van der Waals surface area (Å²) in [6, 6.07) is 7.30. The molecule has 0 heterocycles. The fourth-order valence-corrected chi connectivity index (χ4v) is 1.11. The van der Waals surface area contributed by atoms with Crippen molar-refractivity contribution in [3.63, 3.8) is 0 Å². The van der Waals surface area contributed by atoms with Gasteiger partial charge in [-0.25, -0.2) is 4.79 Å². The molecule has 0 aliphatic carbocycles. The summed E-state index contributed by atoms with van der Waals surface area (Å²) in [6.07, 6.45) is 0. The molecule has 0 spiro atoms. The minimum absolute atomic E-state index is 0.297. The van der Waals surface area contributed by atoms with Crippen molar-refractivity contribution in [3.8, 4) is 0 Å². The maximum absolute atomic E-state index is 11.4. The SMILES string of the molecule is CCOCCOC(=O)c1ccc(C)cc1. The lowest BCUT2D eigenvalue weighted by molar-refractivity contribution is 0.0335. The minimum atomic E-state index is -0.297. The Hall–Kier alpha value is -1.35. The first-order valence-corrected chi connectivity index (χ1v) is 5.05. The van der Waals surface area contributed by atoms with E-state index in [-0.39, 0.29) is 5.97 Å². The average Bonchev–Trinajstić information content (AvgIpc) is 2.25. The zero-order chi connectivity index (χ0) is 11.1. The second-order valence-corrected chi connectivity index (χ2v) is 3.20. The summed E-state index contributed by atoms with van der Waals surface area (Å²) in [7, 11) is 0. The standard InChI is InChI=1S/C12H16O3/c1-3-14-8-9-15-12(13)11-6-4-10(2)5-7-11/h4-7H,3,8-9H2,1-2H3. The number of carbonyl (C=O) groups is 1. The third-order valence-electron chi connectivity index (χ3n) is 1.95. The van der Waals surface area contributed by atoms with Crippen LogP contribution in [0.1, 0.15) is 22.8 Å². The first kappa shape index (κ1) is 11.7. The summed E-state index contributed by atoms with van der Waals surface area (Å²) in [4.78, 5) is 11.4. The molecule has 1 aromatic carbocycles. The molecule has 0 bridgehead atoms. The number of esters is 1. The topological polar surface area (TPSA) is 35.5 Å². The normalized spacial score (nSPS) is 10.0. The Labute approximate surface area is 90.0 Å². The quantitative estimate of drug-likeness (QED) is 0.549. The van der Waals surface area contributed by atoms with Gasteiger partial charge >= 0.3 is 5.97 Å². The van der Waals surface area contributed by atoms with Crippen LogP contribution in [0.25, 0.3) is 0 Å². The van der Waals surface area contributed by atoms with Crippen LogP contribution >= 0.6 is 0 Å². The molecule has 0 aliphatic rings. The summed E-state index contributed by atoms with van der Waals surface area (Å²) in [5.41, 5.74) is 1.71. The third kappa shape index (κ3) is 4.13. The fourth-order valence-electron chi connectivity index (χ4n) is 1.11. The highest BCUT2D eigenvalue weighted by molar-refractivity contribution is 5.89. The molecule has 0 unspecified atom stereocenters. The van der Waals surface area contributed by atoms with Crippen LogP contribution < -0.4 is 0 Å². The Bertz CT molecular complexity index is 303. The van der Waals surface area contributed by atoms with Gasteiger partial charge in [0, 0.05) is 6.61 Å². The van der Waals surface area contributed by atoms with Crippen LogP contribution in [0.4, 0.5) is 0 Å². The Morgan fingerprint density at radius 2 is 1.87 bits per heavy atom. The van der Waals surface area contributed by atoms with E-state index in [9.17, 15) is 4.79 Å². The van der Waals surface area contributed by atoms with E-state index in [1.165, 1.54) is 0 Å². The predicted molar refractivity (Wildman–Crippen MR) is 58.0 cm³/mol. The molecule has 0 radical (unpaired) electrons. The number of carbonyl (C=O) groups excluding carboxylic acids is 1. The molecule has 0 amide bonds. The zero-order valence-electron chi connectivity index (χ0n) is 9.16. The van der Waals surface area contributed by atoms with E-state index in [0.717, 1.165) is 5.56 Å². The van der Waals surface area contributed by atoms with Gasteiger partial charge in [0.25, 0.3) is 0 Å². The van der Waals surface area contributed by atoms with E-state index in [1.807, 2.05) is 26.0 Å². The molecular formula is C12H16O3. The van der Waals surface area contributed by atoms with Gasteiger partial charge in [0.1, 0.15) is 6.61 Å². The van der Waals surface area contributed by atoms with Gasteiger partial charge in [0.15, 0.2) is 0 Å². The largest absolute Gasteiger partial charge is 0.460 e. The molecule has 3 heteroatoms. The van der Waals surface area contributed by atoms with Gasteiger partial charge in [-0.05, 0) is 26.0 Å². The third-order valence-corrected chi connectivity index (χ3v) is 1.95. The zero-order valence-corrected chi connectivity index (χ0v) is 9.16. The van der Waals surface area contributed by atoms with E-state index in [0.29, 0.717) is 25.4 Å². The molecule has 0 aromatic heterocycles. The molecule has 3 nitrogen and oxygen atoms in total. The van der Waals surface area contributed by atoms with Gasteiger partial charge in [-0.1, -0.05) is 17.7 Å². The number of aryl methyl sites for hydroxylation is 1. The lowest BCUT2D eigenvalue weighted by Gasteiger charge is -2.04. The average molecular weight is 208 g/mol. The maximum Gasteiger partial charge on any atom is 0.338 e. The Morgan fingerprint density at radius 3 is 2.47 bits per heavy atom. The van der Waals surface area contributed by atoms with Crippen LogP contribution in [0.15, 0.2) is 24.3 Å². The Morgan fingerprint density at radius 1 is 1.20 bits per heavy atom. The van der Waals surface area contributed by atoms with Crippen LogP contribution in [0.5, 0.6) is 0 Å². The highest BCUT2D eigenvalue weighted by atomic mass is 16.6. The molecule has 1 rings (SSSR count). The first-order valence-electron chi connectivity index (χ1n) is 5.05. The number of ether oxygens (including phenoxy) is 2. The van der Waals surface area contributed by atoms with Crippen molar-refractivity contribution in [1.82, 2.24) is 0 Å². The predicted octanol–water partition coefficient (Wildman–Crippen LogP) is 2.19. The van der Waals surface area contributed by atoms with Crippen LogP contribution in [-0.4, -0.2) is 25.8 Å². The molecule has 0 fully saturated rings. The molecule has 0 aliphatic heterocycles. The summed E-state index contributed by atoms with van der Waals surface area (Å²) >= 11 is 0. The second kappa shape index (κ2) is 6.19. The number of hydrogen-bond acceptors (Lipinski definition) is 3. The van der Waals surface area contributed by atoms with Gasteiger partial charge in [-0.2, -0.15) is 0 Å². The van der Waals surface area contributed by atoms with Crippen molar-refractivity contribution in [2.45, 2.75) is 13.8 Å². The summed E-state index contributed by atoms with van der Waals surface area (Å²) in [5.74, 6) is -0.297. The van der Waals surface area contributed by atoms with Crippen LogP contribution in [0.2, 0.25) is 0 Å². The molecule has 1 aromatic rings. The Kier molecular flexibility index (Phi) is 4.84. The van der Waals surface area contributed by atoms with Crippen LogP contribution in [0, 0.1) is 6.92 Å². The number of benzene rings is 1. The van der Waals surface area contributed by atoms with E-state index >= 15 is 0 Å². The summed E-state index contributed by atoms with van der Waals surface area (Å²) < 4.78 is 10.1. The molecule has 0 atom stereocenters. The van der Waals surface area contributed by atoms with Crippen molar-refractivity contribution in [1.29, 1.82) is 0 Å². The van der Waals surface area contributed by atoms with Gasteiger partial charge in [0.05, 0.1) is 12.2 Å². The fraction of sp³-hybridized carbons (Fsp3) is 0.417. The lowest BCUT2D eigenvalue weighted by atomic mass is 10.1. The van der Waals surface area contributed by atoms with Gasteiger partial charge in [0.2, 0.25) is 0 Å².